The fourth-order valence-corrected chi connectivity index (χ4v) is 7.13. The van der Waals surface area contributed by atoms with E-state index in [0.29, 0.717) is 51.6 Å². The normalized spacial score (nSPS) is 32.4. The SMILES string of the molecule is CC1NC(C)(C)COC1(O)c1cccc(Cl)c1.C[C@@H]1NC(C)(C)CO[C@@]1(O)c1cccc(Cl)c1.C[C@H]1NC(C)(C)CO[C@]1(O)c1cccc(Cl)c1. The second-order valence-corrected chi connectivity index (χ2v) is 17.0. The van der Waals surface area contributed by atoms with Crippen molar-refractivity contribution in [3.63, 3.8) is 0 Å². The maximum absolute atomic E-state index is 10.6. The first kappa shape index (κ1) is 41.9. The Bertz CT molecular complexity index is 1450. The summed E-state index contributed by atoms with van der Waals surface area (Å²) in [5.41, 5.74) is 1.64. The van der Waals surface area contributed by atoms with Crippen molar-refractivity contribution < 1.29 is 29.5 Å². The molecule has 0 aromatic heterocycles. The van der Waals surface area contributed by atoms with E-state index < -0.39 is 17.4 Å². The summed E-state index contributed by atoms with van der Waals surface area (Å²) in [6.45, 7) is 19.3. The van der Waals surface area contributed by atoms with Crippen molar-refractivity contribution in [1.82, 2.24) is 16.0 Å². The van der Waals surface area contributed by atoms with Gasteiger partial charge in [0.25, 0.3) is 0 Å². The standard InChI is InChI=1S/3C13H18ClNO2/c3*1-9-13(16,17-8-12(2,3)15-9)10-5-4-6-11(14)7-10/h3*4-7,9,15-16H,8H2,1-3H3/t2*9-,13+;/m10./s1. The Morgan fingerprint density at radius 2 is 0.725 bits per heavy atom. The van der Waals surface area contributed by atoms with Crippen molar-refractivity contribution in [3.05, 3.63) is 105 Å². The highest BCUT2D eigenvalue weighted by Gasteiger charge is 2.47. The van der Waals surface area contributed by atoms with E-state index >= 15 is 0 Å². The summed E-state index contributed by atoms with van der Waals surface area (Å²) >= 11 is 17.8. The molecule has 0 bridgehead atoms. The first-order chi connectivity index (χ1) is 23.5. The zero-order valence-corrected chi connectivity index (χ0v) is 33.2. The molecule has 0 amide bonds. The number of nitrogens with one attached hydrogen (secondary N) is 3. The predicted octanol–water partition coefficient (Wildman–Crippen LogP) is 6.82. The van der Waals surface area contributed by atoms with Gasteiger partial charge in [0.05, 0.1) is 37.9 Å². The van der Waals surface area contributed by atoms with E-state index in [1.54, 1.807) is 36.4 Å². The van der Waals surface area contributed by atoms with Gasteiger partial charge in [-0.2, -0.15) is 0 Å². The molecule has 6 atom stereocenters. The molecular weight excluding hydrogens is 713 g/mol. The van der Waals surface area contributed by atoms with Crippen LogP contribution < -0.4 is 16.0 Å². The quantitative estimate of drug-likeness (QED) is 0.171. The average molecular weight is 767 g/mol. The second-order valence-electron chi connectivity index (χ2n) is 15.7. The molecule has 3 aromatic carbocycles. The number of morpholine rings is 3. The van der Waals surface area contributed by atoms with Crippen LogP contribution >= 0.6 is 34.8 Å². The van der Waals surface area contributed by atoms with Gasteiger partial charge in [0.1, 0.15) is 0 Å². The van der Waals surface area contributed by atoms with Gasteiger partial charge in [-0.1, -0.05) is 71.2 Å². The zero-order chi connectivity index (χ0) is 38.0. The maximum atomic E-state index is 10.6. The van der Waals surface area contributed by atoms with Crippen molar-refractivity contribution in [2.24, 2.45) is 0 Å². The van der Waals surface area contributed by atoms with E-state index in [1.165, 1.54) is 0 Å². The van der Waals surface area contributed by atoms with E-state index in [9.17, 15) is 15.3 Å². The lowest BCUT2D eigenvalue weighted by Gasteiger charge is -2.46. The van der Waals surface area contributed by atoms with Gasteiger partial charge in [0.2, 0.25) is 17.4 Å². The lowest BCUT2D eigenvalue weighted by molar-refractivity contribution is -0.263. The maximum Gasteiger partial charge on any atom is 0.208 e. The van der Waals surface area contributed by atoms with Gasteiger partial charge < -0.3 is 45.5 Å². The highest BCUT2D eigenvalue weighted by molar-refractivity contribution is 6.31. The number of ether oxygens (including phenoxy) is 3. The van der Waals surface area contributed by atoms with E-state index in [4.69, 9.17) is 49.0 Å². The van der Waals surface area contributed by atoms with Crippen LogP contribution in [0.3, 0.4) is 0 Å². The molecule has 0 spiro atoms. The fraction of sp³-hybridized carbons (Fsp3) is 0.538. The van der Waals surface area contributed by atoms with Crippen LogP contribution in [-0.4, -0.2) is 69.9 Å². The number of hydrogen-bond donors (Lipinski definition) is 6. The Hall–Kier alpha value is -1.83. The van der Waals surface area contributed by atoms with Gasteiger partial charge in [0.15, 0.2) is 0 Å². The van der Waals surface area contributed by atoms with Crippen LogP contribution in [0, 0.1) is 0 Å². The van der Waals surface area contributed by atoms with Crippen LogP contribution in [0.4, 0.5) is 0 Å². The Morgan fingerprint density at radius 3 is 0.922 bits per heavy atom. The highest BCUT2D eigenvalue weighted by atomic mass is 35.5. The highest BCUT2D eigenvalue weighted by Crippen LogP contribution is 2.36. The summed E-state index contributed by atoms with van der Waals surface area (Å²) in [5.74, 6) is -3.96. The minimum atomic E-state index is -1.32. The topological polar surface area (TPSA) is 124 Å². The van der Waals surface area contributed by atoms with Crippen molar-refractivity contribution >= 4 is 34.8 Å². The van der Waals surface area contributed by atoms with Crippen LogP contribution in [0.5, 0.6) is 0 Å². The number of aliphatic hydroxyl groups is 3. The van der Waals surface area contributed by atoms with Crippen molar-refractivity contribution in [2.45, 2.75) is 114 Å². The van der Waals surface area contributed by atoms with Crippen LogP contribution in [0.2, 0.25) is 15.1 Å². The average Bonchev–Trinajstić information content (AvgIpc) is 3.03. The Balaban J connectivity index is 0.000000172. The van der Waals surface area contributed by atoms with Crippen LogP contribution in [0.1, 0.15) is 79.0 Å². The molecule has 3 saturated heterocycles. The van der Waals surface area contributed by atoms with Gasteiger partial charge in [-0.05, 0) is 98.7 Å². The lowest BCUT2D eigenvalue weighted by atomic mass is 9.93. The molecular formula is C39H54Cl3N3O6. The smallest absolute Gasteiger partial charge is 0.208 e. The van der Waals surface area contributed by atoms with Crippen LogP contribution in [-0.2, 0) is 31.6 Å². The lowest BCUT2D eigenvalue weighted by Crippen LogP contribution is -2.63. The number of benzene rings is 3. The molecule has 3 heterocycles. The summed E-state index contributed by atoms with van der Waals surface area (Å²) in [5, 5.41) is 43.7. The molecule has 3 aliphatic rings. The van der Waals surface area contributed by atoms with Crippen molar-refractivity contribution in [1.29, 1.82) is 0 Å². The van der Waals surface area contributed by atoms with Gasteiger partial charge in [-0.25, -0.2) is 0 Å². The molecule has 3 fully saturated rings. The third-order valence-electron chi connectivity index (χ3n) is 9.26. The molecule has 0 saturated carbocycles. The number of hydrogen-bond acceptors (Lipinski definition) is 9. The molecule has 3 aliphatic heterocycles. The summed E-state index contributed by atoms with van der Waals surface area (Å²) in [7, 11) is 0. The molecule has 2 unspecified atom stereocenters. The summed E-state index contributed by atoms with van der Waals surface area (Å²) in [4.78, 5) is 0. The molecule has 9 nitrogen and oxygen atoms in total. The molecule has 6 rings (SSSR count). The van der Waals surface area contributed by atoms with E-state index in [-0.39, 0.29) is 34.7 Å². The van der Waals surface area contributed by atoms with Gasteiger partial charge >= 0.3 is 0 Å². The van der Waals surface area contributed by atoms with E-state index in [1.807, 2.05) is 98.7 Å². The third kappa shape index (κ3) is 10.2. The number of rotatable bonds is 3. The predicted molar refractivity (Wildman–Crippen MR) is 204 cm³/mol. The molecule has 6 N–H and O–H groups in total. The summed E-state index contributed by atoms with van der Waals surface area (Å²) in [6.07, 6.45) is 0. The minimum absolute atomic E-state index is 0.135. The van der Waals surface area contributed by atoms with Crippen LogP contribution in [0.25, 0.3) is 0 Å². The van der Waals surface area contributed by atoms with Gasteiger partial charge in [-0.15, -0.1) is 0 Å². The summed E-state index contributed by atoms with van der Waals surface area (Å²) in [6, 6.07) is 20.8. The molecule has 51 heavy (non-hydrogen) atoms. The van der Waals surface area contributed by atoms with Crippen molar-refractivity contribution in [2.75, 3.05) is 19.8 Å². The molecule has 12 heteroatoms. The Morgan fingerprint density at radius 1 is 0.490 bits per heavy atom. The molecule has 0 aliphatic carbocycles. The first-order valence-electron chi connectivity index (χ1n) is 17.2. The zero-order valence-electron chi connectivity index (χ0n) is 31.0. The van der Waals surface area contributed by atoms with Crippen molar-refractivity contribution in [3.8, 4) is 0 Å². The molecule has 0 radical (unpaired) electrons. The third-order valence-corrected chi connectivity index (χ3v) is 9.96. The van der Waals surface area contributed by atoms with Gasteiger partial charge in [-0.3, -0.25) is 0 Å². The van der Waals surface area contributed by atoms with Crippen LogP contribution in [0.15, 0.2) is 72.8 Å². The minimum Gasteiger partial charge on any atom is -0.361 e. The fourth-order valence-electron chi connectivity index (χ4n) is 6.56. The first-order valence-corrected chi connectivity index (χ1v) is 18.3. The van der Waals surface area contributed by atoms with E-state index in [2.05, 4.69) is 16.0 Å². The Kier molecular flexibility index (Phi) is 13.0. The van der Waals surface area contributed by atoms with Gasteiger partial charge in [0, 0.05) is 48.4 Å². The number of halogens is 3. The summed E-state index contributed by atoms with van der Waals surface area (Å²) < 4.78 is 17.0. The molecule has 282 valence electrons. The second kappa shape index (κ2) is 15.9. The van der Waals surface area contributed by atoms with E-state index in [0.717, 1.165) is 0 Å². The largest absolute Gasteiger partial charge is 0.361 e. The monoisotopic (exact) mass is 765 g/mol. The Labute approximate surface area is 317 Å². The molecule has 3 aromatic rings.